The highest BCUT2D eigenvalue weighted by molar-refractivity contribution is 6.35. The van der Waals surface area contributed by atoms with Gasteiger partial charge in [-0.1, -0.05) is 11.6 Å². The van der Waals surface area contributed by atoms with Gasteiger partial charge in [0.2, 0.25) is 0 Å². The Morgan fingerprint density at radius 3 is 2.39 bits per heavy atom. The summed E-state index contributed by atoms with van der Waals surface area (Å²) in [5, 5.41) is 2.12. The van der Waals surface area contributed by atoms with Crippen LogP contribution in [0, 0.1) is 17.5 Å². The molecule has 2 heterocycles. The molecule has 1 N–H and O–H groups in total. The third kappa shape index (κ3) is 4.49. The molecule has 0 atom stereocenters. The number of ketones is 1. The van der Waals surface area contributed by atoms with Crippen molar-refractivity contribution in [1.29, 1.82) is 0 Å². The molecule has 10 heteroatoms. The normalized spacial score (nSPS) is 13.3. The van der Waals surface area contributed by atoms with Crippen LogP contribution in [0.15, 0.2) is 54.7 Å². The van der Waals surface area contributed by atoms with E-state index in [2.05, 4.69) is 20.2 Å². The number of amides is 1. The SMILES string of the molecule is O=C(Nc1ccc(Cl)c(C(=O)c2ccc3ncc(N4CCCC4)nc3c2)c1F)c1ccc(F)c(F)c1. The summed E-state index contributed by atoms with van der Waals surface area (Å²) < 4.78 is 42.0. The van der Waals surface area contributed by atoms with E-state index in [1.807, 2.05) is 0 Å². The molecule has 0 spiro atoms. The van der Waals surface area contributed by atoms with E-state index in [1.54, 1.807) is 12.3 Å². The van der Waals surface area contributed by atoms with Gasteiger partial charge in [0, 0.05) is 24.2 Å². The standard InChI is InChI=1S/C26H18ClF3N4O2/c27-16-5-8-20(33-26(36)15-3-6-17(28)18(29)11-15)24(30)23(16)25(35)14-4-7-19-21(12-14)32-22(13-31-19)34-9-1-2-10-34/h3-8,11-13H,1-2,9-10H2,(H,33,36). The summed E-state index contributed by atoms with van der Waals surface area (Å²) >= 11 is 6.17. The molecule has 1 amide bonds. The number of aromatic nitrogens is 2. The maximum Gasteiger partial charge on any atom is 0.255 e. The quantitative estimate of drug-likeness (QED) is 0.344. The van der Waals surface area contributed by atoms with Crippen molar-refractivity contribution >= 4 is 45.8 Å². The van der Waals surface area contributed by atoms with E-state index >= 15 is 4.39 Å². The lowest BCUT2D eigenvalue weighted by Gasteiger charge is -2.16. The van der Waals surface area contributed by atoms with Crippen molar-refractivity contribution in [3.8, 4) is 0 Å². The molecule has 0 aliphatic carbocycles. The Labute approximate surface area is 208 Å². The van der Waals surface area contributed by atoms with Gasteiger partial charge in [-0.25, -0.2) is 18.2 Å². The number of fused-ring (bicyclic) bond motifs is 1. The van der Waals surface area contributed by atoms with Crippen molar-refractivity contribution in [2.75, 3.05) is 23.3 Å². The number of hydrogen-bond acceptors (Lipinski definition) is 5. The first-order chi connectivity index (χ1) is 17.3. The third-order valence-electron chi connectivity index (χ3n) is 5.97. The Hall–Kier alpha value is -3.98. The topological polar surface area (TPSA) is 75.2 Å². The number of benzene rings is 3. The van der Waals surface area contributed by atoms with Crippen LogP contribution in [0.25, 0.3) is 11.0 Å². The second kappa shape index (κ2) is 9.58. The number of carbonyl (C=O) groups excluding carboxylic acids is 2. The first-order valence-electron chi connectivity index (χ1n) is 11.1. The minimum atomic E-state index is -1.22. The second-order valence-electron chi connectivity index (χ2n) is 8.32. The summed E-state index contributed by atoms with van der Waals surface area (Å²) in [5.74, 6) is -4.29. The highest BCUT2D eigenvalue weighted by Gasteiger charge is 2.23. The zero-order valence-corrected chi connectivity index (χ0v) is 19.5. The van der Waals surface area contributed by atoms with Crippen molar-refractivity contribution in [2.45, 2.75) is 12.8 Å². The lowest BCUT2D eigenvalue weighted by molar-refractivity contribution is 0.101. The molecule has 0 radical (unpaired) electrons. The van der Waals surface area contributed by atoms with E-state index in [4.69, 9.17) is 11.6 Å². The maximum atomic E-state index is 15.4. The molecule has 4 aromatic rings. The van der Waals surface area contributed by atoms with Gasteiger partial charge in [0.15, 0.2) is 23.2 Å². The van der Waals surface area contributed by atoms with Crippen molar-refractivity contribution in [2.24, 2.45) is 0 Å². The molecule has 1 fully saturated rings. The van der Waals surface area contributed by atoms with Crippen LogP contribution >= 0.6 is 11.6 Å². The summed E-state index contributed by atoms with van der Waals surface area (Å²) in [6.07, 6.45) is 3.82. The van der Waals surface area contributed by atoms with Gasteiger partial charge in [0.1, 0.15) is 5.82 Å². The van der Waals surface area contributed by atoms with Crippen LogP contribution < -0.4 is 10.2 Å². The van der Waals surface area contributed by atoms with E-state index in [0.29, 0.717) is 22.9 Å². The molecule has 5 rings (SSSR count). The van der Waals surface area contributed by atoms with E-state index < -0.39 is 34.7 Å². The minimum Gasteiger partial charge on any atom is -0.355 e. The van der Waals surface area contributed by atoms with Crippen molar-refractivity contribution in [3.63, 3.8) is 0 Å². The third-order valence-corrected chi connectivity index (χ3v) is 6.28. The first kappa shape index (κ1) is 23.7. The van der Waals surface area contributed by atoms with Crippen LogP contribution in [-0.4, -0.2) is 34.7 Å². The number of halogens is 4. The number of rotatable bonds is 5. The molecule has 182 valence electrons. The predicted octanol–water partition coefficient (Wildman–Crippen LogP) is 5.78. The molecule has 1 aliphatic heterocycles. The first-order valence-corrected chi connectivity index (χ1v) is 11.5. The zero-order chi connectivity index (χ0) is 25.4. The van der Waals surface area contributed by atoms with Gasteiger partial charge in [-0.3, -0.25) is 14.6 Å². The van der Waals surface area contributed by atoms with Gasteiger partial charge >= 0.3 is 0 Å². The molecule has 3 aromatic carbocycles. The van der Waals surface area contributed by atoms with E-state index in [-0.39, 0.29) is 21.8 Å². The minimum absolute atomic E-state index is 0.139. The Morgan fingerprint density at radius 2 is 1.64 bits per heavy atom. The molecule has 6 nitrogen and oxygen atoms in total. The number of anilines is 2. The van der Waals surface area contributed by atoms with Gasteiger partial charge in [-0.05, 0) is 61.4 Å². The monoisotopic (exact) mass is 510 g/mol. The van der Waals surface area contributed by atoms with Crippen molar-refractivity contribution in [1.82, 2.24) is 9.97 Å². The smallest absolute Gasteiger partial charge is 0.255 e. The van der Waals surface area contributed by atoms with Crippen LogP contribution in [-0.2, 0) is 0 Å². The molecule has 0 saturated carbocycles. The van der Waals surface area contributed by atoms with Crippen molar-refractivity contribution in [3.05, 3.63) is 93.9 Å². The fourth-order valence-corrected chi connectivity index (χ4v) is 4.31. The van der Waals surface area contributed by atoms with Gasteiger partial charge in [-0.2, -0.15) is 0 Å². The lowest BCUT2D eigenvalue weighted by Crippen LogP contribution is -2.19. The van der Waals surface area contributed by atoms with E-state index in [1.165, 1.54) is 24.3 Å². The zero-order valence-electron chi connectivity index (χ0n) is 18.7. The fourth-order valence-electron chi connectivity index (χ4n) is 4.07. The highest BCUT2D eigenvalue weighted by Crippen LogP contribution is 2.29. The Morgan fingerprint density at radius 1 is 0.889 bits per heavy atom. The molecule has 1 saturated heterocycles. The van der Waals surface area contributed by atoms with E-state index in [0.717, 1.165) is 38.1 Å². The second-order valence-corrected chi connectivity index (χ2v) is 8.73. The molecule has 0 unspecified atom stereocenters. The molecule has 0 bridgehead atoms. The largest absolute Gasteiger partial charge is 0.355 e. The number of nitrogens with zero attached hydrogens (tertiary/aromatic N) is 3. The molecular formula is C26H18ClF3N4O2. The predicted molar refractivity (Wildman–Crippen MR) is 130 cm³/mol. The molecule has 1 aliphatic rings. The van der Waals surface area contributed by atoms with Gasteiger partial charge in [0.25, 0.3) is 5.91 Å². The summed E-state index contributed by atoms with van der Waals surface area (Å²) in [4.78, 5) is 36.9. The summed E-state index contributed by atoms with van der Waals surface area (Å²) in [7, 11) is 0. The molecule has 1 aromatic heterocycles. The Balaban J connectivity index is 1.46. The summed E-state index contributed by atoms with van der Waals surface area (Å²) in [6.45, 7) is 1.76. The number of carbonyl (C=O) groups is 2. The van der Waals surface area contributed by atoms with Gasteiger partial charge in [-0.15, -0.1) is 0 Å². The fraction of sp³-hybridized carbons (Fsp3) is 0.154. The molecular weight excluding hydrogens is 493 g/mol. The Bertz CT molecular complexity index is 1520. The average molecular weight is 511 g/mol. The Kier molecular flexibility index (Phi) is 6.32. The number of hydrogen-bond donors (Lipinski definition) is 1. The van der Waals surface area contributed by atoms with Crippen LogP contribution in [0.3, 0.4) is 0 Å². The summed E-state index contributed by atoms with van der Waals surface area (Å²) in [6, 6.07) is 9.62. The van der Waals surface area contributed by atoms with Crippen LogP contribution in [0.4, 0.5) is 24.7 Å². The van der Waals surface area contributed by atoms with Crippen molar-refractivity contribution < 1.29 is 22.8 Å². The highest BCUT2D eigenvalue weighted by atomic mass is 35.5. The number of nitrogens with one attached hydrogen (secondary N) is 1. The maximum absolute atomic E-state index is 15.4. The van der Waals surface area contributed by atoms with Crippen LogP contribution in [0.2, 0.25) is 5.02 Å². The lowest BCUT2D eigenvalue weighted by atomic mass is 10.0. The van der Waals surface area contributed by atoms with E-state index in [9.17, 15) is 18.4 Å². The van der Waals surface area contributed by atoms with Crippen LogP contribution in [0.5, 0.6) is 0 Å². The molecule has 36 heavy (non-hydrogen) atoms. The van der Waals surface area contributed by atoms with Gasteiger partial charge in [0.05, 0.1) is 33.5 Å². The van der Waals surface area contributed by atoms with Crippen LogP contribution in [0.1, 0.15) is 39.1 Å². The van der Waals surface area contributed by atoms with Gasteiger partial charge < -0.3 is 10.2 Å². The summed E-state index contributed by atoms with van der Waals surface area (Å²) in [5.41, 5.74) is 0.189. The average Bonchev–Trinajstić information content (AvgIpc) is 3.42.